The van der Waals surface area contributed by atoms with Gasteiger partial charge in [0.05, 0.1) is 5.52 Å². The van der Waals surface area contributed by atoms with Crippen LogP contribution in [0.4, 0.5) is 5.69 Å². The number of benzene rings is 2. The Bertz CT molecular complexity index is 869. The number of carbonyl (C=O) groups excluding carboxylic acids is 2. The van der Waals surface area contributed by atoms with Crippen LogP contribution < -0.4 is 11.1 Å². The van der Waals surface area contributed by atoms with Crippen molar-refractivity contribution in [2.75, 3.05) is 5.32 Å². The zero-order valence-electron chi connectivity index (χ0n) is 11.6. The summed E-state index contributed by atoms with van der Waals surface area (Å²) >= 11 is 0. The number of nitrogens with zero attached hydrogens (tertiary/aromatic N) is 1. The molecule has 2 amide bonds. The topological polar surface area (TPSA) is 85.1 Å². The lowest BCUT2D eigenvalue weighted by atomic mass is 10.1. The molecular formula is C17H13N3O2. The van der Waals surface area contributed by atoms with Gasteiger partial charge in [-0.3, -0.25) is 14.6 Å². The van der Waals surface area contributed by atoms with Crippen LogP contribution in [0.3, 0.4) is 0 Å². The third-order valence-corrected chi connectivity index (χ3v) is 3.30. The van der Waals surface area contributed by atoms with Gasteiger partial charge in [0.2, 0.25) is 5.91 Å². The minimum absolute atomic E-state index is 0.264. The van der Waals surface area contributed by atoms with E-state index < -0.39 is 5.91 Å². The lowest BCUT2D eigenvalue weighted by Crippen LogP contribution is -2.14. The number of hydrogen-bond acceptors (Lipinski definition) is 3. The van der Waals surface area contributed by atoms with Crippen molar-refractivity contribution in [2.24, 2.45) is 5.73 Å². The molecule has 3 N–H and O–H groups in total. The number of primary amides is 1. The van der Waals surface area contributed by atoms with Crippen molar-refractivity contribution in [3.05, 3.63) is 71.9 Å². The molecule has 108 valence electrons. The minimum atomic E-state index is -0.537. The molecule has 0 aliphatic heterocycles. The number of fused-ring (bicyclic) bond motifs is 1. The smallest absolute Gasteiger partial charge is 0.256 e. The van der Waals surface area contributed by atoms with Crippen LogP contribution in [-0.2, 0) is 0 Å². The quantitative estimate of drug-likeness (QED) is 0.777. The molecule has 0 atom stereocenters. The van der Waals surface area contributed by atoms with Gasteiger partial charge in [-0.2, -0.15) is 0 Å². The maximum atomic E-state index is 12.5. The molecule has 3 rings (SSSR count). The van der Waals surface area contributed by atoms with E-state index in [4.69, 9.17) is 5.73 Å². The Morgan fingerprint density at radius 2 is 1.82 bits per heavy atom. The van der Waals surface area contributed by atoms with Crippen LogP contribution in [0.5, 0.6) is 0 Å². The molecule has 0 radical (unpaired) electrons. The summed E-state index contributed by atoms with van der Waals surface area (Å²) in [6.07, 6.45) is 1.68. The van der Waals surface area contributed by atoms with Gasteiger partial charge in [-0.1, -0.05) is 18.2 Å². The molecular weight excluding hydrogens is 278 g/mol. The highest BCUT2D eigenvalue weighted by atomic mass is 16.2. The fourth-order valence-corrected chi connectivity index (χ4v) is 2.25. The summed E-state index contributed by atoms with van der Waals surface area (Å²) in [6.45, 7) is 0. The summed E-state index contributed by atoms with van der Waals surface area (Å²) in [5.74, 6) is -0.800. The molecule has 22 heavy (non-hydrogen) atoms. The van der Waals surface area contributed by atoms with E-state index in [9.17, 15) is 9.59 Å². The first-order valence-corrected chi connectivity index (χ1v) is 6.70. The molecule has 0 aliphatic rings. The third kappa shape index (κ3) is 2.64. The minimum Gasteiger partial charge on any atom is -0.366 e. The Labute approximate surface area is 126 Å². The molecule has 0 spiro atoms. The molecule has 5 heteroatoms. The number of hydrogen-bond donors (Lipinski definition) is 2. The molecule has 0 saturated heterocycles. The van der Waals surface area contributed by atoms with Gasteiger partial charge in [-0.25, -0.2) is 0 Å². The van der Waals surface area contributed by atoms with E-state index in [2.05, 4.69) is 10.3 Å². The predicted molar refractivity (Wildman–Crippen MR) is 84.7 cm³/mol. The number of amides is 2. The highest BCUT2D eigenvalue weighted by molar-refractivity contribution is 6.12. The number of pyridine rings is 1. The van der Waals surface area contributed by atoms with Crippen LogP contribution in [0, 0.1) is 0 Å². The second-order valence-corrected chi connectivity index (χ2v) is 4.77. The Hall–Kier alpha value is -3.21. The monoisotopic (exact) mass is 291 g/mol. The summed E-state index contributed by atoms with van der Waals surface area (Å²) in [5.41, 5.74) is 7.37. The SMILES string of the molecule is NC(=O)c1cccc(NC(=O)c2cccc3ncccc23)c1. The van der Waals surface area contributed by atoms with Crippen molar-refractivity contribution in [1.29, 1.82) is 0 Å². The molecule has 2 aromatic carbocycles. The number of rotatable bonds is 3. The van der Waals surface area contributed by atoms with Crippen molar-refractivity contribution in [2.45, 2.75) is 0 Å². The zero-order valence-corrected chi connectivity index (χ0v) is 11.6. The summed E-state index contributed by atoms with van der Waals surface area (Å²) in [6, 6.07) is 15.5. The Morgan fingerprint density at radius 3 is 2.64 bits per heavy atom. The number of aromatic nitrogens is 1. The fraction of sp³-hybridized carbons (Fsp3) is 0. The highest BCUT2D eigenvalue weighted by Crippen LogP contribution is 2.18. The van der Waals surface area contributed by atoms with Gasteiger partial charge >= 0.3 is 0 Å². The fourth-order valence-electron chi connectivity index (χ4n) is 2.25. The molecule has 0 fully saturated rings. The largest absolute Gasteiger partial charge is 0.366 e. The van der Waals surface area contributed by atoms with E-state index in [1.165, 1.54) is 0 Å². The van der Waals surface area contributed by atoms with E-state index in [0.717, 1.165) is 10.9 Å². The van der Waals surface area contributed by atoms with Crippen LogP contribution >= 0.6 is 0 Å². The number of anilines is 1. The Morgan fingerprint density at radius 1 is 1.00 bits per heavy atom. The lowest BCUT2D eigenvalue weighted by molar-refractivity contribution is 0.0996. The maximum absolute atomic E-state index is 12.5. The van der Waals surface area contributed by atoms with E-state index in [0.29, 0.717) is 16.8 Å². The van der Waals surface area contributed by atoms with Gasteiger partial charge in [0.1, 0.15) is 0 Å². The van der Waals surface area contributed by atoms with Crippen LogP contribution in [0.15, 0.2) is 60.8 Å². The molecule has 5 nitrogen and oxygen atoms in total. The Balaban J connectivity index is 1.94. The zero-order chi connectivity index (χ0) is 15.5. The standard InChI is InChI=1S/C17H13N3O2/c18-16(21)11-4-1-5-12(10-11)20-17(22)14-6-2-8-15-13(14)7-3-9-19-15/h1-10H,(H2,18,21)(H,20,22). The van der Waals surface area contributed by atoms with Crippen molar-refractivity contribution >= 4 is 28.4 Å². The number of nitrogens with two attached hydrogens (primary N) is 1. The van der Waals surface area contributed by atoms with Crippen LogP contribution in [0.25, 0.3) is 10.9 Å². The van der Waals surface area contributed by atoms with E-state index in [-0.39, 0.29) is 5.91 Å². The van der Waals surface area contributed by atoms with Gasteiger partial charge in [0.15, 0.2) is 0 Å². The second-order valence-electron chi connectivity index (χ2n) is 4.77. The van der Waals surface area contributed by atoms with Gasteiger partial charge in [0, 0.05) is 28.4 Å². The average Bonchev–Trinajstić information content (AvgIpc) is 2.54. The first-order chi connectivity index (χ1) is 10.6. The average molecular weight is 291 g/mol. The normalized spacial score (nSPS) is 10.4. The molecule has 0 aliphatic carbocycles. The molecule has 0 bridgehead atoms. The third-order valence-electron chi connectivity index (χ3n) is 3.30. The highest BCUT2D eigenvalue weighted by Gasteiger charge is 2.11. The predicted octanol–water partition coefficient (Wildman–Crippen LogP) is 2.59. The van der Waals surface area contributed by atoms with Crippen molar-refractivity contribution in [1.82, 2.24) is 4.98 Å². The second kappa shape index (κ2) is 5.65. The van der Waals surface area contributed by atoms with Crippen LogP contribution in [0.1, 0.15) is 20.7 Å². The van der Waals surface area contributed by atoms with Crippen LogP contribution in [-0.4, -0.2) is 16.8 Å². The first kappa shape index (κ1) is 13.8. The van der Waals surface area contributed by atoms with Crippen molar-refractivity contribution < 1.29 is 9.59 Å². The van der Waals surface area contributed by atoms with E-state index in [1.807, 2.05) is 12.1 Å². The van der Waals surface area contributed by atoms with E-state index in [1.54, 1.807) is 48.7 Å². The molecule has 1 aromatic heterocycles. The summed E-state index contributed by atoms with van der Waals surface area (Å²) in [4.78, 5) is 27.9. The first-order valence-electron chi connectivity index (χ1n) is 6.70. The van der Waals surface area contributed by atoms with Gasteiger partial charge in [-0.15, -0.1) is 0 Å². The van der Waals surface area contributed by atoms with Crippen molar-refractivity contribution in [3.8, 4) is 0 Å². The van der Waals surface area contributed by atoms with E-state index >= 15 is 0 Å². The summed E-state index contributed by atoms with van der Waals surface area (Å²) in [7, 11) is 0. The molecule has 0 saturated carbocycles. The molecule has 1 heterocycles. The maximum Gasteiger partial charge on any atom is 0.256 e. The number of nitrogens with one attached hydrogen (secondary N) is 1. The van der Waals surface area contributed by atoms with Crippen LogP contribution in [0.2, 0.25) is 0 Å². The molecule has 0 unspecified atom stereocenters. The lowest BCUT2D eigenvalue weighted by Gasteiger charge is -2.08. The Kier molecular flexibility index (Phi) is 3.53. The van der Waals surface area contributed by atoms with Gasteiger partial charge in [-0.05, 0) is 36.4 Å². The van der Waals surface area contributed by atoms with Gasteiger partial charge in [0.25, 0.3) is 5.91 Å². The van der Waals surface area contributed by atoms with Gasteiger partial charge < -0.3 is 11.1 Å². The van der Waals surface area contributed by atoms with Crippen molar-refractivity contribution in [3.63, 3.8) is 0 Å². The summed E-state index contributed by atoms with van der Waals surface area (Å²) < 4.78 is 0. The molecule has 3 aromatic rings. The summed E-state index contributed by atoms with van der Waals surface area (Å²) in [5, 5.41) is 3.54. The number of carbonyl (C=O) groups is 2.